The van der Waals surface area contributed by atoms with E-state index in [9.17, 15) is 4.79 Å². The molecule has 0 spiro atoms. The molecule has 0 amide bonds. The zero-order valence-electron chi connectivity index (χ0n) is 10.5. The monoisotopic (exact) mass is 214 g/mol. The number of ketones is 1. The van der Waals surface area contributed by atoms with Gasteiger partial charge < -0.3 is 11.1 Å². The topological polar surface area (TPSA) is 55.1 Å². The molecule has 0 aliphatic rings. The Morgan fingerprint density at radius 2 is 1.87 bits per heavy atom. The van der Waals surface area contributed by atoms with E-state index in [2.05, 4.69) is 19.2 Å². The van der Waals surface area contributed by atoms with Gasteiger partial charge in [0.15, 0.2) is 0 Å². The summed E-state index contributed by atoms with van der Waals surface area (Å²) in [6.07, 6.45) is 2.61. The molecule has 0 heterocycles. The molecule has 3 N–H and O–H groups in total. The molecule has 0 aliphatic heterocycles. The summed E-state index contributed by atoms with van der Waals surface area (Å²) in [5, 5.41) is 3.42. The molecule has 0 aromatic rings. The predicted molar refractivity (Wildman–Crippen MR) is 64.8 cm³/mol. The lowest BCUT2D eigenvalue weighted by Gasteiger charge is -2.21. The first kappa shape index (κ1) is 14.6. The molecule has 0 saturated carbocycles. The van der Waals surface area contributed by atoms with E-state index in [1.54, 1.807) is 0 Å². The lowest BCUT2D eigenvalue weighted by Crippen LogP contribution is -2.37. The zero-order valence-corrected chi connectivity index (χ0v) is 10.5. The second-order valence-corrected chi connectivity index (χ2v) is 4.77. The third-order valence-corrected chi connectivity index (χ3v) is 2.42. The summed E-state index contributed by atoms with van der Waals surface area (Å²) in [5.41, 5.74) is 5.49. The molecule has 0 fully saturated rings. The van der Waals surface area contributed by atoms with Gasteiger partial charge in [-0.3, -0.25) is 4.79 Å². The van der Waals surface area contributed by atoms with Crippen LogP contribution >= 0.6 is 0 Å². The summed E-state index contributed by atoms with van der Waals surface area (Å²) in [5.74, 6) is 0.476. The van der Waals surface area contributed by atoms with Crippen LogP contribution in [0.15, 0.2) is 0 Å². The minimum Gasteiger partial charge on any atom is -0.330 e. The number of rotatable bonds is 8. The van der Waals surface area contributed by atoms with Crippen molar-refractivity contribution in [3.05, 3.63) is 0 Å². The van der Waals surface area contributed by atoms with Gasteiger partial charge in [0.05, 0.1) is 0 Å². The third-order valence-electron chi connectivity index (χ3n) is 2.42. The summed E-state index contributed by atoms with van der Waals surface area (Å²) >= 11 is 0. The molecule has 90 valence electrons. The highest BCUT2D eigenvalue weighted by Gasteiger charge is 2.16. The minimum atomic E-state index is 0.138. The van der Waals surface area contributed by atoms with E-state index in [1.165, 1.54) is 0 Å². The minimum absolute atomic E-state index is 0.138. The molecule has 0 aliphatic carbocycles. The van der Waals surface area contributed by atoms with Gasteiger partial charge in [-0.2, -0.15) is 0 Å². The van der Waals surface area contributed by atoms with Crippen molar-refractivity contribution in [2.45, 2.75) is 59.0 Å². The highest BCUT2D eigenvalue weighted by Crippen LogP contribution is 2.08. The second kappa shape index (κ2) is 7.83. The van der Waals surface area contributed by atoms with Crippen molar-refractivity contribution in [1.29, 1.82) is 0 Å². The Kier molecular flexibility index (Phi) is 7.61. The molecular weight excluding hydrogens is 188 g/mol. The number of carbonyl (C=O) groups is 1. The van der Waals surface area contributed by atoms with Gasteiger partial charge in [-0.15, -0.1) is 0 Å². The summed E-state index contributed by atoms with van der Waals surface area (Å²) in [6, 6.07) is 0.719. The van der Waals surface area contributed by atoms with Crippen molar-refractivity contribution < 1.29 is 4.79 Å². The molecule has 0 aromatic heterocycles. The van der Waals surface area contributed by atoms with Crippen molar-refractivity contribution in [3.63, 3.8) is 0 Å². The molecule has 0 radical (unpaired) electrons. The van der Waals surface area contributed by atoms with Crippen LogP contribution in [0.3, 0.4) is 0 Å². The Bertz CT molecular complexity index is 178. The van der Waals surface area contributed by atoms with Gasteiger partial charge in [0.2, 0.25) is 0 Å². The Hall–Kier alpha value is -0.410. The van der Waals surface area contributed by atoms with Gasteiger partial charge in [0, 0.05) is 24.4 Å². The number of Topliss-reactive ketones (excluding diaryl/α,β-unsaturated/α-hetero) is 1. The SMILES string of the molecule is CC(C)NC(CCCN)CC(=O)C(C)C. The molecule has 0 bridgehead atoms. The Morgan fingerprint density at radius 3 is 2.27 bits per heavy atom. The van der Waals surface area contributed by atoms with E-state index in [4.69, 9.17) is 5.73 Å². The number of nitrogens with one attached hydrogen (secondary N) is 1. The smallest absolute Gasteiger partial charge is 0.136 e. The van der Waals surface area contributed by atoms with Crippen molar-refractivity contribution in [2.75, 3.05) is 6.54 Å². The number of hydrogen-bond acceptors (Lipinski definition) is 3. The van der Waals surface area contributed by atoms with E-state index in [-0.39, 0.29) is 5.92 Å². The normalized spacial score (nSPS) is 13.5. The molecule has 0 aromatic carbocycles. The van der Waals surface area contributed by atoms with Crippen LogP contribution < -0.4 is 11.1 Å². The average Bonchev–Trinajstić information content (AvgIpc) is 2.13. The molecule has 1 atom stereocenters. The number of nitrogens with two attached hydrogens (primary N) is 1. The summed E-state index contributed by atoms with van der Waals surface area (Å²) < 4.78 is 0. The zero-order chi connectivity index (χ0) is 11.8. The molecule has 3 nitrogen and oxygen atoms in total. The quantitative estimate of drug-likeness (QED) is 0.646. The molecule has 15 heavy (non-hydrogen) atoms. The predicted octanol–water partition coefficient (Wildman–Crippen LogP) is 1.71. The maximum absolute atomic E-state index is 11.6. The first-order chi connectivity index (χ1) is 6.97. The van der Waals surface area contributed by atoms with Crippen molar-refractivity contribution >= 4 is 5.78 Å². The third kappa shape index (κ3) is 7.51. The van der Waals surface area contributed by atoms with Gasteiger partial charge in [0.1, 0.15) is 5.78 Å². The Labute approximate surface area is 93.8 Å². The van der Waals surface area contributed by atoms with Crippen LogP contribution in [0.4, 0.5) is 0 Å². The molecule has 3 heteroatoms. The van der Waals surface area contributed by atoms with Crippen molar-refractivity contribution in [3.8, 4) is 0 Å². The Morgan fingerprint density at radius 1 is 1.27 bits per heavy atom. The summed E-state index contributed by atoms with van der Waals surface area (Å²) in [4.78, 5) is 11.6. The standard InChI is InChI=1S/C12H26N2O/c1-9(2)12(15)8-11(6-5-7-13)14-10(3)4/h9-11,14H,5-8,13H2,1-4H3. The first-order valence-electron chi connectivity index (χ1n) is 5.96. The maximum Gasteiger partial charge on any atom is 0.136 e. The van der Waals surface area contributed by atoms with Gasteiger partial charge in [0.25, 0.3) is 0 Å². The fraction of sp³-hybridized carbons (Fsp3) is 0.917. The first-order valence-corrected chi connectivity index (χ1v) is 5.96. The van der Waals surface area contributed by atoms with Gasteiger partial charge in [-0.05, 0) is 19.4 Å². The molecule has 1 unspecified atom stereocenters. The van der Waals surface area contributed by atoms with Gasteiger partial charge in [-0.25, -0.2) is 0 Å². The number of carbonyl (C=O) groups excluding carboxylic acids is 1. The van der Waals surface area contributed by atoms with E-state index >= 15 is 0 Å². The van der Waals surface area contributed by atoms with Gasteiger partial charge in [-0.1, -0.05) is 27.7 Å². The van der Waals surface area contributed by atoms with Gasteiger partial charge >= 0.3 is 0 Å². The van der Waals surface area contributed by atoms with Crippen LogP contribution in [0.2, 0.25) is 0 Å². The maximum atomic E-state index is 11.6. The second-order valence-electron chi connectivity index (χ2n) is 4.77. The molecule has 0 saturated heterocycles. The lowest BCUT2D eigenvalue weighted by molar-refractivity contribution is -0.122. The summed E-state index contributed by atoms with van der Waals surface area (Å²) in [7, 11) is 0. The fourth-order valence-corrected chi connectivity index (χ4v) is 1.56. The van der Waals surface area contributed by atoms with Crippen LogP contribution in [-0.4, -0.2) is 24.4 Å². The van der Waals surface area contributed by atoms with Crippen LogP contribution in [0, 0.1) is 5.92 Å². The highest BCUT2D eigenvalue weighted by atomic mass is 16.1. The van der Waals surface area contributed by atoms with E-state index in [1.807, 2.05) is 13.8 Å². The van der Waals surface area contributed by atoms with E-state index in [0.29, 0.717) is 30.8 Å². The van der Waals surface area contributed by atoms with Crippen LogP contribution in [0.5, 0.6) is 0 Å². The average molecular weight is 214 g/mol. The van der Waals surface area contributed by atoms with Crippen molar-refractivity contribution in [2.24, 2.45) is 11.7 Å². The van der Waals surface area contributed by atoms with Crippen LogP contribution in [0.1, 0.15) is 47.0 Å². The van der Waals surface area contributed by atoms with E-state index < -0.39 is 0 Å². The van der Waals surface area contributed by atoms with Crippen LogP contribution in [0.25, 0.3) is 0 Å². The molecular formula is C12H26N2O. The lowest BCUT2D eigenvalue weighted by atomic mass is 9.98. The highest BCUT2D eigenvalue weighted by molar-refractivity contribution is 5.80. The summed E-state index contributed by atoms with van der Waals surface area (Å²) in [6.45, 7) is 8.83. The molecule has 0 rings (SSSR count). The van der Waals surface area contributed by atoms with Crippen molar-refractivity contribution in [1.82, 2.24) is 5.32 Å². The van der Waals surface area contributed by atoms with Crippen LogP contribution in [-0.2, 0) is 4.79 Å². The Balaban J connectivity index is 4.05. The van der Waals surface area contributed by atoms with E-state index in [0.717, 1.165) is 12.8 Å². The fourth-order valence-electron chi connectivity index (χ4n) is 1.56. The number of hydrogen-bond donors (Lipinski definition) is 2. The largest absolute Gasteiger partial charge is 0.330 e.